The van der Waals surface area contributed by atoms with Gasteiger partial charge in [-0.3, -0.25) is 9.59 Å². The van der Waals surface area contributed by atoms with Crippen molar-refractivity contribution in [1.82, 2.24) is 10.6 Å². The number of amides is 2. The Morgan fingerprint density at radius 3 is 2.75 bits per heavy atom. The number of hydrogen-bond donors (Lipinski definition) is 3. The van der Waals surface area contributed by atoms with E-state index in [-0.39, 0.29) is 18.4 Å². The highest BCUT2D eigenvalue weighted by atomic mass is 16.5. The molecular weight excluding hydrogens is 258 g/mol. The van der Waals surface area contributed by atoms with Crippen LogP contribution in [0.4, 0.5) is 5.69 Å². The third kappa shape index (κ3) is 4.79. The van der Waals surface area contributed by atoms with Gasteiger partial charge in [0, 0.05) is 19.2 Å². The molecule has 6 nitrogen and oxygen atoms in total. The van der Waals surface area contributed by atoms with Gasteiger partial charge in [-0.15, -0.1) is 0 Å². The van der Waals surface area contributed by atoms with Gasteiger partial charge in [0.1, 0.15) is 5.75 Å². The minimum Gasteiger partial charge on any atom is -0.482 e. The fraction of sp³-hybridized carbons (Fsp3) is 0.429. The molecule has 0 aliphatic rings. The van der Waals surface area contributed by atoms with E-state index in [1.54, 1.807) is 18.2 Å². The maximum absolute atomic E-state index is 11.9. The maximum Gasteiger partial charge on any atom is 0.257 e. The third-order valence-corrected chi connectivity index (χ3v) is 2.73. The van der Waals surface area contributed by atoms with Crippen LogP contribution in [0.5, 0.6) is 5.75 Å². The molecule has 6 heteroatoms. The molecule has 0 atom stereocenters. The second kappa shape index (κ2) is 8.04. The summed E-state index contributed by atoms with van der Waals surface area (Å²) in [5, 5.41) is 5.25. The first-order valence-electron chi connectivity index (χ1n) is 6.59. The molecule has 0 saturated heterocycles. The molecule has 0 unspecified atom stereocenters. The standard InChI is InChI=1S/C14H21N3O3/c1-3-4-7-17-14(19)10-5-6-11(15)12(8-10)20-9-13(18)16-2/h5-6,8H,3-4,7,9,15H2,1-2H3,(H,16,18)(H,17,19). The quantitative estimate of drug-likeness (QED) is 0.511. The van der Waals surface area contributed by atoms with Crippen molar-refractivity contribution < 1.29 is 14.3 Å². The lowest BCUT2D eigenvalue weighted by molar-refractivity contribution is -0.122. The molecule has 0 spiro atoms. The second-order valence-electron chi connectivity index (χ2n) is 4.32. The zero-order valence-corrected chi connectivity index (χ0v) is 11.9. The number of unbranched alkanes of at least 4 members (excludes halogenated alkanes) is 1. The van der Waals surface area contributed by atoms with Gasteiger partial charge in [-0.2, -0.15) is 0 Å². The van der Waals surface area contributed by atoms with Gasteiger partial charge < -0.3 is 21.1 Å². The number of nitrogen functional groups attached to an aromatic ring is 1. The van der Waals surface area contributed by atoms with Crippen LogP contribution in [0.1, 0.15) is 30.1 Å². The van der Waals surface area contributed by atoms with Crippen LogP contribution in [-0.2, 0) is 4.79 Å². The van der Waals surface area contributed by atoms with Gasteiger partial charge in [0.15, 0.2) is 6.61 Å². The lowest BCUT2D eigenvalue weighted by atomic mass is 10.1. The van der Waals surface area contributed by atoms with Crippen LogP contribution in [0, 0.1) is 0 Å². The van der Waals surface area contributed by atoms with Crippen LogP contribution < -0.4 is 21.1 Å². The largest absolute Gasteiger partial charge is 0.482 e. The van der Waals surface area contributed by atoms with E-state index in [1.165, 1.54) is 7.05 Å². The Morgan fingerprint density at radius 1 is 1.35 bits per heavy atom. The molecule has 0 bridgehead atoms. The van der Waals surface area contributed by atoms with Gasteiger partial charge in [0.25, 0.3) is 11.8 Å². The first-order chi connectivity index (χ1) is 9.58. The zero-order valence-electron chi connectivity index (χ0n) is 11.9. The molecule has 110 valence electrons. The number of likely N-dealkylation sites (N-methyl/N-ethyl adjacent to an activating group) is 1. The van der Waals surface area contributed by atoms with Gasteiger partial charge >= 0.3 is 0 Å². The fourth-order valence-electron chi connectivity index (χ4n) is 1.50. The van der Waals surface area contributed by atoms with E-state index in [4.69, 9.17) is 10.5 Å². The molecule has 1 rings (SSSR count). The Labute approximate surface area is 118 Å². The average molecular weight is 279 g/mol. The van der Waals surface area contributed by atoms with E-state index in [9.17, 15) is 9.59 Å². The Bertz CT molecular complexity index is 475. The number of benzene rings is 1. The molecule has 0 aromatic heterocycles. The van der Waals surface area contributed by atoms with Crippen molar-refractivity contribution >= 4 is 17.5 Å². The van der Waals surface area contributed by atoms with E-state index in [0.717, 1.165) is 12.8 Å². The summed E-state index contributed by atoms with van der Waals surface area (Å²) in [4.78, 5) is 23.0. The Hall–Kier alpha value is -2.24. The van der Waals surface area contributed by atoms with Crippen molar-refractivity contribution in [2.24, 2.45) is 0 Å². The van der Waals surface area contributed by atoms with Crippen molar-refractivity contribution in [3.63, 3.8) is 0 Å². The predicted octanol–water partition coefficient (Wildman–Crippen LogP) is 0.924. The Morgan fingerprint density at radius 2 is 2.10 bits per heavy atom. The third-order valence-electron chi connectivity index (χ3n) is 2.73. The molecule has 0 aliphatic carbocycles. The summed E-state index contributed by atoms with van der Waals surface area (Å²) in [6.45, 7) is 2.55. The van der Waals surface area contributed by atoms with Gasteiger partial charge in [0.2, 0.25) is 0 Å². The molecule has 2 amide bonds. The topological polar surface area (TPSA) is 93.5 Å². The van der Waals surface area contributed by atoms with Crippen LogP contribution in [0.25, 0.3) is 0 Å². The first kappa shape index (κ1) is 15.8. The molecular formula is C14H21N3O3. The highest BCUT2D eigenvalue weighted by molar-refractivity contribution is 5.95. The van der Waals surface area contributed by atoms with Crippen molar-refractivity contribution in [2.45, 2.75) is 19.8 Å². The number of hydrogen-bond acceptors (Lipinski definition) is 4. The zero-order chi connectivity index (χ0) is 15.0. The predicted molar refractivity (Wildman–Crippen MR) is 77.7 cm³/mol. The Kier molecular flexibility index (Phi) is 6.36. The van der Waals surface area contributed by atoms with E-state index >= 15 is 0 Å². The minimum absolute atomic E-state index is 0.137. The molecule has 1 aromatic rings. The summed E-state index contributed by atoms with van der Waals surface area (Å²) in [6, 6.07) is 4.76. The van der Waals surface area contributed by atoms with Crippen LogP contribution >= 0.6 is 0 Å². The van der Waals surface area contributed by atoms with Gasteiger partial charge in [0.05, 0.1) is 5.69 Å². The SMILES string of the molecule is CCCCNC(=O)c1ccc(N)c(OCC(=O)NC)c1. The summed E-state index contributed by atoms with van der Waals surface area (Å²) in [5.41, 5.74) is 6.60. The number of carbonyl (C=O) groups is 2. The van der Waals surface area contributed by atoms with E-state index < -0.39 is 0 Å². The number of ether oxygens (including phenoxy) is 1. The summed E-state index contributed by atoms with van der Waals surface area (Å²) in [5.74, 6) is -0.109. The summed E-state index contributed by atoms with van der Waals surface area (Å²) in [7, 11) is 1.52. The molecule has 1 aromatic carbocycles. The van der Waals surface area contributed by atoms with Crippen LogP contribution in [0.2, 0.25) is 0 Å². The molecule has 0 radical (unpaired) electrons. The second-order valence-corrected chi connectivity index (χ2v) is 4.32. The van der Waals surface area contributed by atoms with Crippen molar-refractivity contribution in [3.05, 3.63) is 23.8 Å². The van der Waals surface area contributed by atoms with E-state index in [0.29, 0.717) is 23.5 Å². The molecule has 20 heavy (non-hydrogen) atoms. The van der Waals surface area contributed by atoms with Crippen molar-refractivity contribution in [1.29, 1.82) is 0 Å². The number of nitrogens with one attached hydrogen (secondary N) is 2. The Balaban J connectivity index is 2.69. The van der Waals surface area contributed by atoms with Crippen LogP contribution in [0.15, 0.2) is 18.2 Å². The van der Waals surface area contributed by atoms with Gasteiger partial charge in [-0.25, -0.2) is 0 Å². The molecule has 0 aliphatic heterocycles. The number of rotatable bonds is 7. The van der Waals surface area contributed by atoms with Gasteiger partial charge in [-0.1, -0.05) is 13.3 Å². The maximum atomic E-state index is 11.9. The lowest BCUT2D eigenvalue weighted by Crippen LogP contribution is -2.26. The highest BCUT2D eigenvalue weighted by Crippen LogP contribution is 2.22. The molecule has 0 heterocycles. The lowest BCUT2D eigenvalue weighted by Gasteiger charge is -2.10. The van der Waals surface area contributed by atoms with E-state index in [1.807, 2.05) is 0 Å². The van der Waals surface area contributed by atoms with Crippen molar-refractivity contribution in [2.75, 3.05) is 25.9 Å². The molecule has 0 fully saturated rings. The summed E-state index contributed by atoms with van der Waals surface area (Å²) >= 11 is 0. The molecule has 4 N–H and O–H groups in total. The monoisotopic (exact) mass is 279 g/mol. The summed E-state index contributed by atoms with van der Waals surface area (Å²) < 4.78 is 5.29. The fourth-order valence-corrected chi connectivity index (χ4v) is 1.50. The average Bonchev–Trinajstić information content (AvgIpc) is 2.46. The number of anilines is 1. The number of nitrogens with two attached hydrogens (primary N) is 1. The number of carbonyl (C=O) groups excluding carboxylic acids is 2. The minimum atomic E-state index is -0.262. The van der Waals surface area contributed by atoms with E-state index in [2.05, 4.69) is 17.6 Å². The van der Waals surface area contributed by atoms with Crippen molar-refractivity contribution in [3.8, 4) is 5.75 Å². The normalized spacial score (nSPS) is 9.90. The first-order valence-corrected chi connectivity index (χ1v) is 6.59. The summed E-state index contributed by atoms with van der Waals surface area (Å²) in [6.07, 6.45) is 1.95. The van der Waals surface area contributed by atoms with Crippen LogP contribution in [-0.4, -0.2) is 32.0 Å². The van der Waals surface area contributed by atoms with Crippen LogP contribution in [0.3, 0.4) is 0 Å². The smallest absolute Gasteiger partial charge is 0.257 e. The molecule has 0 saturated carbocycles. The highest BCUT2D eigenvalue weighted by Gasteiger charge is 2.10. The van der Waals surface area contributed by atoms with Gasteiger partial charge in [-0.05, 0) is 24.6 Å².